The summed E-state index contributed by atoms with van der Waals surface area (Å²) in [5, 5.41) is 14.0. The highest BCUT2D eigenvalue weighted by Gasteiger charge is 2.17. The van der Waals surface area contributed by atoms with E-state index in [4.69, 9.17) is 4.42 Å². The molecule has 25 heavy (non-hydrogen) atoms. The van der Waals surface area contributed by atoms with Gasteiger partial charge in [0, 0.05) is 21.9 Å². The van der Waals surface area contributed by atoms with Crippen molar-refractivity contribution in [2.75, 3.05) is 0 Å². The molecule has 0 N–H and O–H groups in total. The van der Waals surface area contributed by atoms with E-state index in [1.54, 1.807) is 6.20 Å². The van der Waals surface area contributed by atoms with Gasteiger partial charge in [-0.1, -0.05) is 48.5 Å². The van der Waals surface area contributed by atoms with Crippen molar-refractivity contribution >= 4 is 21.9 Å². The van der Waals surface area contributed by atoms with Gasteiger partial charge in [-0.05, 0) is 35.0 Å². The Morgan fingerprint density at radius 1 is 0.720 bits per heavy atom. The smallest absolute Gasteiger partial charge is 0.136 e. The van der Waals surface area contributed by atoms with Crippen LogP contribution in [0.15, 0.2) is 83.4 Å². The van der Waals surface area contributed by atoms with E-state index in [1.807, 2.05) is 54.6 Å². The summed E-state index contributed by atoms with van der Waals surface area (Å²) in [4.78, 5) is 0. The fourth-order valence-electron chi connectivity index (χ4n) is 3.32. The molecule has 5 aromatic rings. The average Bonchev–Trinajstić information content (AvgIpc) is 3.07. The second kappa shape index (κ2) is 5.53. The third-order valence-electron chi connectivity index (χ3n) is 4.39. The third kappa shape index (κ3) is 2.19. The van der Waals surface area contributed by atoms with Gasteiger partial charge < -0.3 is 4.42 Å². The maximum absolute atomic E-state index is 6.06. The lowest BCUT2D eigenvalue weighted by molar-refractivity contribution is 0.669. The van der Waals surface area contributed by atoms with Gasteiger partial charge in [0.25, 0.3) is 0 Å². The van der Waals surface area contributed by atoms with E-state index in [1.165, 1.54) is 0 Å². The summed E-state index contributed by atoms with van der Waals surface area (Å²) in [6, 6.07) is 24.3. The van der Waals surface area contributed by atoms with Gasteiger partial charge in [0.05, 0.1) is 11.9 Å². The molecule has 0 saturated carbocycles. The Hall–Kier alpha value is -3.53. The van der Waals surface area contributed by atoms with Gasteiger partial charge in [0.15, 0.2) is 0 Å². The Balaban J connectivity index is 1.97. The van der Waals surface area contributed by atoms with Crippen molar-refractivity contribution in [2.45, 2.75) is 0 Å². The van der Waals surface area contributed by atoms with Crippen LogP contribution in [0.2, 0.25) is 0 Å². The highest BCUT2D eigenvalue weighted by molar-refractivity contribution is 6.15. The van der Waals surface area contributed by atoms with Crippen LogP contribution in [0.1, 0.15) is 0 Å². The Morgan fingerprint density at radius 2 is 1.56 bits per heavy atom. The maximum Gasteiger partial charge on any atom is 0.136 e. The molecule has 5 rings (SSSR count). The molecule has 0 aliphatic carbocycles. The molecule has 4 nitrogen and oxygen atoms in total. The molecule has 3 aromatic carbocycles. The van der Waals surface area contributed by atoms with E-state index >= 15 is 0 Å². The van der Waals surface area contributed by atoms with Crippen molar-refractivity contribution in [1.82, 2.24) is 15.4 Å². The number of hydrogen-bond donors (Lipinski definition) is 0. The number of fused-ring (bicyclic) bond motifs is 3. The predicted molar refractivity (Wildman–Crippen MR) is 98.0 cm³/mol. The highest BCUT2D eigenvalue weighted by atomic mass is 16.3. The summed E-state index contributed by atoms with van der Waals surface area (Å²) in [7, 11) is 0. The lowest BCUT2D eigenvalue weighted by Gasteiger charge is -2.10. The van der Waals surface area contributed by atoms with Crippen molar-refractivity contribution in [3.05, 3.63) is 79.0 Å². The summed E-state index contributed by atoms with van der Waals surface area (Å²) >= 11 is 0. The fourth-order valence-corrected chi connectivity index (χ4v) is 3.32. The van der Waals surface area contributed by atoms with Crippen LogP contribution < -0.4 is 0 Å². The predicted octanol–water partition coefficient (Wildman–Crippen LogP) is 5.11. The maximum atomic E-state index is 6.06. The van der Waals surface area contributed by atoms with Gasteiger partial charge in [-0.2, -0.15) is 0 Å². The van der Waals surface area contributed by atoms with Gasteiger partial charge in [-0.25, -0.2) is 0 Å². The summed E-state index contributed by atoms with van der Waals surface area (Å²) in [6.45, 7) is 0. The Bertz CT molecular complexity index is 1180. The molecule has 0 fully saturated rings. The Morgan fingerprint density at radius 3 is 2.40 bits per heavy atom. The Kier molecular flexibility index (Phi) is 3.07. The molecule has 0 unspecified atom stereocenters. The molecule has 118 valence electrons. The summed E-state index contributed by atoms with van der Waals surface area (Å²) in [5.74, 6) is 0. The molecule has 0 atom stereocenters. The molecule has 0 aliphatic heterocycles. The molecule has 0 aliphatic rings. The molecular formula is C21H13N3O. The molecule has 2 aromatic heterocycles. The van der Waals surface area contributed by atoms with E-state index in [0.29, 0.717) is 0 Å². The minimum Gasteiger partial charge on any atom is -0.456 e. The molecule has 0 radical (unpaired) electrons. The number of aromatic nitrogens is 3. The monoisotopic (exact) mass is 323 g/mol. The largest absolute Gasteiger partial charge is 0.456 e. The first-order valence-electron chi connectivity index (χ1n) is 8.06. The summed E-state index contributed by atoms with van der Waals surface area (Å²) in [6.07, 6.45) is 1.66. The van der Waals surface area contributed by atoms with Crippen LogP contribution in [0, 0.1) is 0 Å². The number of hydrogen-bond acceptors (Lipinski definition) is 4. The van der Waals surface area contributed by atoms with Crippen molar-refractivity contribution in [3.63, 3.8) is 0 Å². The number of benzene rings is 3. The van der Waals surface area contributed by atoms with Crippen LogP contribution in [-0.2, 0) is 0 Å². The second-order valence-electron chi connectivity index (χ2n) is 5.83. The third-order valence-corrected chi connectivity index (χ3v) is 4.39. The number of furan rings is 1. The van der Waals surface area contributed by atoms with E-state index in [9.17, 15) is 0 Å². The van der Waals surface area contributed by atoms with Crippen molar-refractivity contribution in [1.29, 1.82) is 0 Å². The van der Waals surface area contributed by atoms with Crippen molar-refractivity contribution in [2.24, 2.45) is 0 Å². The fraction of sp³-hybridized carbons (Fsp3) is 0. The number of para-hydroxylation sites is 1. The summed E-state index contributed by atoms with van der Waals surface area (Å²) in [5.41, 5.74) is 5.77. The first kappa shape index (κ1) is 13.9. The minimum absolute atomic E-state index is 0.793. The molecule has 0 spiro atoms. The lowest BCUT2D eigenvalue weighted by atomic mass is 9.93. The van der Waals surface area contributed by atoms with E-state index in [2.05, 4.69) is 33.6 Å². The van der Waals surface area contributed by atoms with E-state index < -0.39 is 0 Å². The number of nitrogens with zero attached hydrogens (tertiary/aromatic N) is 3. The van der Waals surface area contributed by atoms with Crippen LogP contribution in [-0.4, -0.2) is 15.4 Å². The van der Waals surface area contributed by atoms with Crippen LogP contribution in [0.4, 0.5) is 0 Å². The quantitative estimate of drug-likeness (QED) is 0.453. The van der Waals surface area contributed by atoms with Gasteiger partial charge in [-0.3, -0.25) is 0 Å². The van der Waals surface area contributed by atoms with Gasteiger partial charge >= 0.3 is 0 Å². The second-order valence-corrected chi connectivity index (χ2v) is 5.83. The van der Waals surface area contributed by atoms with Gasteiger partial charge in [0.1, 0.15) is 11.2 Å². The topological polar surface area (TPSA) is 51.8 Å². The zero-order chi connectivity index (χ0) is 16.6. The first-order chi connectivity index (χ1) is 12.4. The highest BCUT2D eigenvalue weighted by Crippen LogP contribution is 2.41. The minimum atomic E-state index is 0.793. The van der Waals surface area contributed by atoms with Crippen molar-refractivity contribution < 1.29 is 4.42 Å². The van der Waals surface area contributed by atoms with Crippen LogP contribution in [0.25, 0.3) is 44.3 Å². The molecule has 0 saturated heterocycles. The van der Waals surface area contributed by atoms with Gasteiger partial charge in [-0.15, -0.1) is 10.2 Å². The SMILES string of the molecule is c1ccc(-c2c(-c3ccnnn3)ccc3oc4ccccc4c23)cc1. The normalized spacial score (nSPS) is 11.2. The summed E-state index contributed by atoms with van der Waals surface area (Å²) < 4.78 is 6.06. The van der Waals surface area contributed by atoms with Crippen LogP contribution in [0.5, 0.6) is 0 Å². The molecule has 0 amide bonds. The molecular weight excluding hydrogens is 310 g/mol. The molecule has 0 bridgehead atoms. The standard InChI is InChI=1S/C21H13N3O/c1-2-6-14(7-3-1)20-15(17-12-13-22-24-23-17)10-11-19-21(20)16-8-4-5-9-18(16)25-19/h1-13H. The van der Waals surface area contributed by atoms with E-state index in [0.717, 1.165) is 44.3 Å². The molecule has 2 heterocycles. The lowest BCUT2D eigenvalue weighted by Crippen LogP contribution is -1.92. The van der Waals surface area contributed by atoms with E-state index in [-0.39, 0.29) is 0 Å². The zero-order valence-electron chi connectivity index (χ0n) is 13.3. The molecule has 4 heteroatoms. The number of rotatable bonds is 2. The zero-order valence-corrected chi connectivity index (χ0v) is 13.3. The Labute approximate surface area is 143 Å². The van der Waals surface area contributed by atoms with Crippen LogP contribution in [0.3, 0.4) is 0 Å². The van der Waals surface area contributed by atoms with Crippen LogP contribution >= 0.6 is 0 Å². The average molecular weight is 323 g/mol. The van der Waals surface area contributed by atoms with Gasteiger partial charge in [0.2, 0.25) is 0 Å². The first-order valence-corrected chi connectivity index (χ1v) is 8.06. The van der Waals surface area contributed by atoms with Crippen molar-refractivity contribution in [3.8, 4) is 22.4 Å².